The molecule has 1 rings (SSSR count). The van der Waals surface area contributed by atoms with Crippen LogP contribution in [0.5, 0.6) is 0 Å². The van der Waals surface area contributed by atoms with E-state index in [0.717, 1.165) is 11.8 Å². The Labute approximate surface area is 165 Å². The molecule has 0 N–H and O–H groups in total. The lowest BCUT2D eigenvalue weighted by Crippen LogP contribution is -2.27. The lowest BCUT2D eigenvalue weighted by atomic mass is 9.83. The highest BCUT2D eigenvalue weighted by atomic mass is 15.1. The Morgan fingerprint density at radius 3 is 1.92 bits per heavy atom. The van der Waals surface area contributed by atoms with Crippen molar-refractivity contribution in [3.63, 3.8) is 0 Å². The van der Waals surface area contributed by atoms with E-state index in [-0.39, 0.29) is 0 Å². The van der Waals surface area contributed by atoms with Crippen molar-refractivity contribution in [3.8, 4) is 0 Å². The van der Waals surface area contributed by atoms with Crippen LogP contribution in [0.3, 0.4) is 0 Å². The lowest BCUT2D eigenvalue weighted by Gasteiger charge is -2.25. The van der Waals surface area contributed by atoms with Gasteiger partial charge in [0.1, 0.15) is 0 Å². The van der Waals surface area contributed by atoms with Gasteiger partial charge in [0.2, 0.25) is 0 Å². The first kappa shape index (κ1) is 23.5. The molecule has 0 fully saturated rings. The van der Waals surface area contributed by atoms with Gasteiger partial charge in [-0.15, -0.1) is 0 Å². The number of nitrogens with zero attached hydrogens (tertiary/aromatic N) is 1. The van der Waals surface area contributed by atoms with Crippen molar-refractivity contribution in [2.45, 2.75) is 106 Å². The van der Waals surface area contributed by atoms with Gasteiger partial charge in [-0.25, -0.2) is 0 Å². The fourth-order valence-electron chi connectivity index (χ4n) is 4.56. The van der Waals surface area contributed by atoms with Crippen molar-refractivity contribution in [1.29, 1.82) is 0 Å². The molecular weight excluding hydrogens is 314 g/mol. The zero-order valence-corrected chi connectivity index (χ0v) is 18.9. The van der Waals surface area contributed by atoms with Gasteiger partial charge >= 0.3 is 0 Å². The standard InChI is InChI=1S/C25H47N/c1-7-11-18-26(19-12-8-2)20-17-23-15-16-24(21(5)13-9-3)25(23)22(6)14-10-4/h15,21-22H,7-14,16-20H2,1-6H3. The van der Waals surface area contributed by atoms with Crippen LogP contribution in [0.2, 0.25) is 0 Å². The molecule has 0 saturated carbocycles. The summed E-state index contributed by atoms with van der Waals surface area (Å²) >= 11 is 0. The topological polar surface area (TPSA) is 3.24 Å². The summed E-state index contributed by atoms with van der Waals surface area (Å²) in [6.45, 7) is 18.0. The molecule has 0 aliphatic heterocycles. The van der Waals surface area contributed by atoms with E-state index in [4.69, 9.17) is 0 Å². The molecule has 0 amide bonds. The summed E-state index contributed by atoms with van der Waals surface area (Å²) in [5.74, 6) is 1.50. The summed E-state index contributed by atoms with van der Waals surface area (Å²) in [5, 5.41) is 0. The number of allylic oxidation sites excluding steroid dienone is 3. The molecule has 1 aliphatic rings. The fraction of sp³-hybridized carbons (Fsp3) is 0.840. The SMILES string of the molecule is CCCCN(CCCC)CCC1=CCC(C(C)CCC)=C1C(C)CCC. The molecule has 0 radical (unpaired) electrons. The summed E-state index contributed by atoms with van der Waals surface area (Å²) in [5.41, 5.74) is 5.23. The van der Waals surface area contributed by atoms with Crippen LogP contribution in [0.25, 0.3) is 0 Å². The molecule has 0 spiro atoms. The quantitative estimate of drug-likeness (QED) is 0.288. The summed E-state index contributed by atoms with van der Waals surface area (Å²) in [6, 6.07) is 0. The van der Waals surface area contributed by atoms with E-state index < -0.39 is 0 Å². The molecule has 2 atom stereocenters. The summed E-state index contributed by atoms with van der Waals surface area (Å²) in [4.78, 5) is 2.73. The van der Waals surface area contributed by atoms with E-state index >= 15 is 0 Å². The average Bonchev–Trinajstić information content (AvgIpc) is 3.05. The van der Waals surface area contributed by atoms with Gasteiger partial charge in [-0.1, -0.05) is 78.9 Å². The fourth-order valence-corrected chi connectivity index (χ4v) is 4.56. The van der Waals surface area contributed by atoms with E-state index in [1.807, 2.05) is 0 Å². The zero-order chi connectivity index (χ0) is 19.4. The average molecular weight is 362 g/mol. The third-order valence-electron chi connectivity index (χ3n) is 6.14. The Bertz CT molecular complexity index is 423. The third-order valence-corrected chi connectivity index (χ3v) is 6.14. The maximum absolute atomic E-state index is 2.73. The first-order valence-electron chi connectivity index (χ1n) is 11.7. The van der Waals surface area contributed by atoms with Gasteiger partial charge < -0.3 is 4.90 Å². The second-order valence-electron chi connectivity index (χ2n) is 8.55. The van der Waals surface area contributed by atoms with Crippen molar-refractivity contribution in [1.82, 2.24) is 4.90 Å². The Kier molecular flexibility index (Phi) is 12.3. The Morgan fingerprint density at radius 1 is 0.808 bits per heavy atom. The van der Waals surface area contributed by atoms with Crippen molar-refractivity contribution in [2.24, 2.45) is 11.8 Å². The molecule has 1 nitrogen and oxygen atoms in total. The van der Waals surface area contributed by atoms with E-state index in [9.17, 15) is 0 Å². The van der Waals surface area contributed by atoms with Gasteiger partial charge in [0, 0.05) is 6.54 Å². The highest BCUT2D eigenvalue weighted by Crippen LogP contribution is 2.40. The second kappa shape index (κ2) is 13.6. The van der Waals surface area contributed by atoms with Crippen LogP contribution in [0, 0.1) is 11.8 Å². The van der Waals surface area contributed by atoms with Crippen molar-refractivity contribution >= 4 is 0 Å². The molecule has 0 aromatic carbocycles. The van der Waals surface area contributed by atoms with E-state index in [1.54, 1.807) is 16.7 Å². The highest BCUT2D eigenvalue weighted by Gasteiger charge is 2.25. The Hall–Kier alpha value is -0.560. The summed E-state index contributed by atoms with van der Waals surface area (Å²) in [6.07, 6.45) is 15.7. The van der Waals surface area contributed by atoms with E-state index in [0.29, 0.717) is 0 Å². The van der Waals surface area contributed by atoms with Crippen LogP contribution < -0.4 is 0 Å². The molecule has 0 heterocycles. The molecule has 0 aromatic rings. The monoisotopic (exact) mass is 361 g/mol. The molecule has 1 aliphatic carbocycles. The first-order chi connectivity index (χ1) is 12.6. The molecule has 0 bridgehead atoms. The van der Waals surface area contributed by atoms with Crippen LogP contribution in [0.4, 0.5) is 0 Å². The number of hydrogen-bond acceptors (Lipinski definition) is 1. The van der Waals surface area contributed by atoms with Crippen LogP contribution >= 0.6 is 0 Å². The summed E-state index contributed by atoms with van der Waals surface area (Å²) < 4.78 is 0. The van der Waals surface area contributed by atoms with Gasteiger partial charge in [-0.2, -0.15) is 0 Å². The molecule has 0 saturated heterocycles. The molecular formula is C25H47N. The van der Waals surface area contributed by atoms with E-state index in [1.165, 1.54) is 83.8 Å². The minimum atomic E-state index is 0.739. The molecule has 0 aromatic heterocycles. The Morgan fingerprint density at radius 2 is 1.38 bits per heavy atom. The smallest absolute Gasteiger partial charge is 0.00218 e. The predicted molar refractivity (Wildman–Crippen MR) is 119 cm³/mol. The van der Waals surface area contributed by atoms with Crippen molar-refractivity contribution < 1.29 is 0 Å². The molecule has 26 heavy (non-hydrogen) atoms. The minimum Gasteiger partial charge on any atom is -0.303 e. The Balaban J connectivity index is 2.80. The first-order valence-corrected chi connectivity index (χ1v) is 11.7. The zero-order valence-electron chi connectivity index (χ0n) is 18.9. The minimum absolute atomic E-state index is 0.739. The third kappa shape index (κ3) is 7.59. The predicted octanol–water partition coefficient (Wildman–Crippen LogP) is 7.78. The largest absolute Gasteiger partial charge is 0.303 e. The lowest BCUT2D eigenvalue weighted by molar-refractivity contribution is 0.268. The maximum atomic E-state index is 2.73. The van der Waals surface area contributed by atoms with Crippen molar-refractivity contribution in [3.05, 3.63) is 22.8 Å². The van der Waals surface area contributed by atoms with Gasteiger partial charge in [-0.3, -0.25) is 0 Å². The van der Waals surface area contributed by atoms with Gasteiger partial charge in [0.15, 0.2) is 0 Å². The second-order valence-corrected chi connectivity index (χ2v) is 8.55. The highest BCUT2D eigenvalue weighted by molar-refractivity contribution is 5.44. The van der Waals surface area contributed by atoms with Crippen LogP contribution in [0.1, 0.15) is 106 Å². The number of unbranched alkanes of at least 4 members (excludes halogenated alkanes) is 2. The number of hydrogen-bond donors (Lipinski definition) is 0. The summed E-state index contributed by atoms with van der Waals surface area (Å²) in [7, 11) is 0. The van der Waals surface area contributed by atoms with Gasteiger partial charge in [0.25, 0.3) is 0 Å². The van der Waals surface area contributed by atoms with Gasteiger partial charge in [-0.05, 0) is 74.6 Å². The van der Waals surface area contributed by atoms with Crippen LogP contribution in [-0.2, 0) is 0 Å². The van der Waals surface area contributed by atoms with Crippen LogP contribution in [-0.4, -0.2) is 24.5 Å². The normalized spacial score (nSPS) is 17.1. The maximum Gasteiger partial charge on any atom is 0.00218 e. The van der Waals surface area contributed by atoms with E-state index in [2.05, 4.69) is 52.5 Å². The molecule has 1 heteroatoms. The van der Waals surface area contributed by atoms with Crippen molar-refractivity contribution in [2.75, 3.05) is 19.6 Å². The number of rotatable bonds is 15. The van der Waals surface area contributed by atoms with Gasteiger partial charge in [0.05, 0.1) is 0 Å². The van der Waals surface area contributed by atoms with Crippen LogP contribution in [0.15, 0.2) is 22.8 Å². The molecule has 2 unspecified atom stereocenters. The molecule has 152 valence electrons.